The molecule has 0 radical (unpaired) electrons. The molecule has 2 aromatic rings. The Labute approximate surface area is 107 Å². The molecule has 0 atom stereocenters. The van der Waals surface area contributed by atoms with Gasteiger partial charge in [0, 0.05) is 25.1 Å². The number of nitrogens with one attached hydrogen (secondary N) is 1. The van der Waals surface area contributed by atoms with Crippen LogP contribution in [0, 0.1) is 0 Å². The topological polar surface area (TPSA) is 58.1 Å². The van der Waals surface area contributed by atoms with Crippen molar-refractivity contribution in [2.75, 3.05) is 13.7 Å². The first-order valence-electron chi connectivity index (χ1n) is 5.07. The Bertz CT molecular complexity index is 387. The molecule has 0 saturated carbocycles. The molecule has 0 amide bonds. The fourth-order valence-electron chi connectivity index (χ4n) is 1.30. The number of aromatic amines is 1. The average Bonchev–Trinajstić information content (AvgIpc) is 2.87. The zero-order chi connectivity index (χ0) is 11.8. The standard InChI is InChI=1S/C11H12N2O.CH4O.ClH/c1-2-14-10-5-3-9(4-6-10)11-12-7-8-13-11;1-2;/h3-8H,2H2,1H3,(H,12,13);2H,1H3;1H. The summed E-state index contributed by atoms with van der Waals surface area (Å²) in [5.41, 5.74) is 1.07. The van der Waals surface area contributed by atoms with Gasteiger partial charge in [-0.1, -0.05) is 0 Å². The minimum atomic E-state index is 0. The van der Waals surface area contributed by atoms with E-state index in [1.807, 2.05) is 37.4 Å². The zero-order valence-corrected chi connectivity index (χ0v) is 10.7. The molecule has 0 unspecified atom stereocenters. The minimum Gasteiger partial charge on any atom is -0.494 e. The van der Waals surface area contributed by atoms with Gasteiger partial charge in [0.05, 0.1) is 6.61 Å². The smallest absolute Gasteiger partial charge is 0.137 e. The second-order valence-electron chi connectivity index (χ2n) is 2.90. The van der Waals surface area contributed by atoms with Crippen molar-refractivity contribution in [3.05, 3.63) is 36.7 Å². The Hall–Kier alpha value is -1.52. The average molecular weight is 257 g/mol. The largest absolute Gasteiger partial charge is 0.494 e. The molecule has 4 nitrogen and oxygen atoms in total. The van der Waals surface area contributed by atoms with Crippen molar-refractivity contribution in [1.29, 1.82) is 0 Å². The van der Waals surface area contributed by atoms with E-state index in [1.165, 1.54) is 0 Å². The van der Waals surface area contributed by atoms with E-state index in [4.69, 9.17) is 9.84 Å². The molecule has 0 spiro atoms. The lowest BCUT2D eigenvalue weighted by Gasteiger charge is -2.02. The van der Waals surface area contributed by atoms with E-state index in [0.29, 0.717) is 6.61 Å². The second-order valence-corrected chi connectivity index (χ2v) is 2.90. The number of aliphatic hydroxyl groups excluding tert-OH is 1. The van der Waals surface area contributed by atoms with Gasteiger partial charge in [-0.15, -0.1) is 12.4 Å². The lowest BCUT2D eigenvalue weighted by Crippen LogP contribution is -1.90. The van der Waals surface area contributed by atoms with Crippen LogP contribution < -0.4 is 4.74 Å². The molecule has 94 valence electrons. The molecule has 0 aliphatic rings. The van der Waals surface area contributed by atoms with Gasteiger partial charge in [-0.25, -0.2) is 4.98 Å². The van der Waals surface area contributed by atoms with Gasteiger partial charge >= 0.3 is 0 Å². The molecule has 1 aromatic carbocycles. The van der Waals surface area contributed by atoms with Crippen molar-refractivity contribution in [2.24, 2.45) is 0 Å². The number of imidazole rings is 1. The third-order valence-corrected chi connectivity index (χ3v) is 1.94. The van der Waals surface area contributed by atoms with Crippen LogP contribution in [0.15, 0.2) is 36.7 Å². The molecule has 1 heterocycles. The molecule has 0 fully saturated rings. The van der Waals surface area contributed by atoms with Gasteiger partial charge in [0.15, 0.2) is 0 Å². The van der Waals surface area contributed by atoms with Crippen LogP contribution in [0.3, 0.4) is 0 Å². The van der Waals surface area contributed by atoms with E-state index < -0.39 is 0 Å². The Morgan fingerprint density at radius 1 is 1.24 bits per heavy atom. The summed E-state index contributed by atoms with van der Waals surface area (Å²) < 4.78 is 5.35. The van der Waals surface area contributed by atoms with Crippen molar-refractivity contribution in [2.45, 2.75) is 6.92 Å². The van der Waals surface area contributed by atoms with Crippen molar-refractivity contribution < 1.29 is 9.84 Å². The van der Waals surface area contributed by atoms with Crippen LogP contribution in [0.5, 0.6) is 5.75 Å². The van der Waals surface area contributed by atoms with Gasteiger partial charge in [-0.3, -0.25) is 0 Å². The number of aromatic nitrogens is 2. The highest BCUT2D eigenvalue weighted by atomic mass is 35.5. The van der Waals surface area contributed by atoms with Crippen molar-refractivity contribution >= 4 is 12.4 Å². The van der Waals surface area contributed by atoms with Gasteiger partial charge < -0.3 is 14.8 Å². The molecule has 5 heteroatoms. The van der Waals surface area contributed by atoms with Gasteiger partial charge in [-0.05, 0) is 31.2 Å². The quantitative estimate of drug-likeness (QED) is 0.887. The fourth-order valence-corrected chi connectivity index (χ4v) is 1.30. The molecular weight excluding hydrogens is 240 g/mol. The Morgan fingerprint density at radius 3 is 2.35 bits per heavy atom. The molecule has 0 saturated heterocycles. The number of H-pyrrole nitrogens is 1. The normalized spacial score (nSPS) is 8.65. The fraction of sp³-hybridized carbons (Fsp3) is 0.250. The highest BCUT2D eigenvalue weighted by molar-refractivity contribution is 5.85. The van der Waals surface area contributed by atoms with Crippen LogP contribution in [-0.4, -0.2) is 28.8 Å². The van der Waals surface area contributed by atoms with Gasteiger partial charge in [-0.2, -0.15) is 0 Å². The zero-order valence-electron chi connectivity index (χ0n) is 9.88. The molecule has 0 aliphatic carbocycles. The summed E-state index contributed by atoms with van der Waals surface area (Å²) in [5, 5.41) is 7.00. The molecule has 2 N–H and O–H groups in total. The lowest BCUT2D eigenvalue weighted by molar-refractivity contribution is 0.340. The predicted octanol–water partition coefficient (Wildman–Crippen LogP) is 2.51. The number of hydrogen-bond donors (Lipinski definition) is 2. The molecular formula is C12H17ClN2O2. The molecule has 0 aliphatic heterocycles. The Morgan fingerprint density at radius 2 is 1.88 bits per heavy atom. The van der Waals surface area contributed by atoms with Crippen LogP contribution >= 0.6 is 12.4 Å². The Balaban J connectivity index is 0.000000811. The maximum Gasteiger partial charge on any atom is 0.137 e. The van der Waals surface area contributed by atoms with E-state index in [-0.39, 0.29) is 12.4 Å². The summed E-state index contributed by atoms with van der Waals surface area (Å²) >= 11 is 0. The van der Waals surface area contributed by atoms with Crippen molar-refractivity contribution in [1.82, 2.24) is 9.97 Å². The summed E-state index contributed by atoms with van der Waals surface area (Å²) in [6, 6.07) is 7.87. The van der Waals surface area contributed by atoms with Crippen molar-refractivity contribution in [3.8, 4) is 17.1 Å². The first-order chi connectivity index (χ1) is 7.90. The molecule has 1 aromatic heterocycles. The van der Waals surface area contributed by atoms with E-state index in [2.05, 4.69) is 9.97 Å². The van der Waals surface area contributed by atoms with Crippen LogP contribution in [0.4, 0.5) is 0 Å². The number of nitrogens with zero attached hydrogens (tertiary/aromatic N) is 1. The van der Waals surface area contributed by atoms with E-state index in [1.54, 1.807) is 6.20 Å². The van der Waals surface area contributed by atoms with Gasteiger partial charge in [0.25, 0.3) is 0 Å². The summed E-state index contributed by atoms with van der Waals surface area (Å²) in [6.45, 7) is 2.67. The SMILES string of the molecule is CCOc1ccc(-c2ncc[nH]2)cc1.CO.Cl. The summed E-state index contributed by atoms with van der Waals surface area (Å²) in [7, 11) is 1.00. The monoisotopic (exact) mass is 256 g/mol. The molecule has 0 bridgehead atoms. The van der Waals surface area contributed by atoms with E-state index in [9.17, 15) is 0 Å². The van der Waals surface area contributed by atoms with Gasteiger partial charge in [0.1, 0.15) is 11.6 Å². The second kappa shape index (κ2) is 8.61. The van der Waals surface area contributed by atoms with Gasteiger partial charge in [0.2, 0.25) is 0 Å². The number of rotatable bonds is 3. The number of ether oxygens (including phenoxy) is 1. The van der Waals surface area contributed by atoms with Crippen LogP contribution in [-0.2, 0) is 0 Å². The highest BCUT2D eigenvalue weighted by Gasteiger charge is 1.99. The maximum atomic E-state index is 7.00. The lowest BCUT2D eigenvalue weighted by atomic mass is 10.2. The third-order valence-electron chi connectivity index (χ3n) is 1.94. The number of hydrogen-bond acceptors (Lipinski definition) is 3. The number of benzene rings is 1. The van der Waals surface area contributed by atoms with Crippen molar-refractivity contribution in [3.63, 3.8) is 0 Å². The maximum absolute atomic E-state index is 7.00. The third kappa shape index (κ3) is 4.46. The predicted molar refractivity (Wildman–Crippen MR) is 70.6 cm³/mol. The molecule has 17 heavy (non-hydrogen) atoms. The Kier molecular flexibility index (Phi) is 7.84. The highest BCUT2D eigenvalue weighted by Crippen LogP contribution is 2.18. The van der Waals surface area contributed by atoms with E-state index >= 15 is 0 Å². The van der Waals surface area contributed by atoms with Crippen LogP contribution in [0.1, 0.15) is 6.92 Å². The summed E-state index contributed by atoms with van der Waals surface area (Å²) in [4.78, 5) is 7.22. The van der Waals surface area contributed by atoms with Crippen LogP contribution in [0.2, 0.25) is 0 Å². The first kappa shape index (κ1) is 15.5. The number of aliphatic hydroxyl groups is 1. The van der Waals surface area contributed by atoms with E-state index in [0.717, 1.165) is 24.2 Å². The minimum absolute atomic E-state index is 0. The van der Waals surface area contributed by atoms with Crippen LogP contribution in [0.25, 0.3) is 11.4 Å². The number of halogens is 1. The summed E-state index contributed by atoms with van der Waals surface area (Å²) in [5.74, 6) is 1.77. The first-order valence-corrected chi connectivity index (χ1v) is 5.07. The summed E-state index contributed by atoms with van der Waals surface area (Å²) in [6.07, 6.45) is 3.55. The molecule has 2 rings (SSSR count).